The van der Waals surface area contributed by atoms with Crippen molar-refractivity contribution in [3.05, 3.63) is 82.4 Å². The Morgan fingerprint density at radius 3 is 2.13 bits per heavy atom. The van der Waals surface area contributed by atoms with Crippen molar-refractivity contribution in [1.29, 1.82) is 0 Å². The Labute approximate surface area is 187 Å². The average molecular weight is 441 g/mol. The summed E-state index contributed by atoms with van der Waals surface area (Å²) in [6.45, 7) is 0.976. The minimum absolute atomic E-state index is 0.424. The fraction of sp³-hybridized carbons (Fsp3) is 0.208. The molecule has 31 heavy (non-hydrogen) atoms. The molecule has 0 amide bonds. The maximum absolute atomic E-state index is 5.92. The number of hydrogen-bond donors (Lipinski definition) is 1. The standard InChI is InChI=1S/C24H25ClN2O4/c1-28-21-10-6-18(12-23(21)29-2)14-26-27-15-19-7-11-22(24(13-19)30-3)31-16-17-4-8-20(25)9-5-17/h4-13,15,26H,14,16H2,1-3H3/b27-15-. The topological polar surface area (TPSA) is 61.3 Å². The fourth-order valence-electron chi connectivity index (χ4n) is 2.87. The van der Waals surface area contributed by atoms with Gasteiger partial charge in [-0.1, -0.05) is 29.8 Å². The molecule has 0 spiro atoms. The highest BCUT2D eigenvalue weighted by Crippen LogP contribution is 2.29. The second kappa shape index (κ2) is 11.1. The molecule has 0 heterocycles. The lowest BCUT2D eigenvalue weighted by Crippen LogP contribution is -2.06. The van der Waals surface area contributed by atoms with Crippen LogP contribution in [-0.2, 0) is 13.2 Å². The number of methoxy groups -OCH3 is 3. The summed E-state index contributed by atoms with van der Waals surface area (Å²) in [4.78, 5) is 0. The van der Waals surface area contributed by atoms with E-state index in [4.69, 9.17) is 30.5 Å². The lowest BCUT2D eigenvalue weighted by molar-refractivity contribution is 0.284. The molecule has 0 atom stereocenters. The Hall–Kier alpha value is -3.38. The van der Waals surface area contributed by atoms with Crippen LogP contribution in [0.25, 0.3) is 0 Å². The molecule has 0 saturated heterocycles. The van der Waals surface area contributed by atoms with Crippen LogP contribution in [0.5, 0.6) is 23.0 Å². The first-order chi connectivity index (χ1) is 15.1. The molecule has 3 aromatic carbocycles. The summed E-state index contributed by atoms with van der Waals surface area (Å²) < 4.78 is 21.9. The lowest BCUT2D eigenvalue weighted by atomic mass is 10.2. The summed E-state index contributed by atoms with van der Waals surface area (Å²) in [6.07, 6.45) is 1.73. The Morgan fingerprint density at radius 1 is 0.774 bits per heavy atom. The normalized spacial score (nSPS) is 10.7. The molecule has 0 bridgehead atoms. The van der Waals surface area contributed by atoms with Gasteiger partial charge in [0.05, 0.1) is 34.1 Å². The van der Waals surface area contributed by atoms with E-state index in [0.717, 1.165) is 16.7 Å². The van der Waals surface area contributed by atoms with Crippen LogP contribution in [0.1, 0.15) is 16.7 Å². The summed E-state index contributed by atoms with van der Waals surface area (Å²) in [5, 5.41) is 4.98. The number of halogens is 1. The van der Waals surface area contributed by atoms with Crippen molar-refractivity contribution < 1.29 is 18.9 Å². The quantitative estimate of drug-likeness (QED) is 0.352. The second-order valence-corrected chi connectivity index (χ2v) is 7.04. The maximum Gasteiger partial charge on any atom is 0.161 e. The molecular formula is C24H25ClN2O4. The Morgan fingerprint density at radius 2 is 1.42 bits per heavy atom. The molecule has 6 nitrogen and oxygen atoms in total. The first kappa shape index (κ1) is 22.3. The van der Waals surface area contributed by atoms with Gasteiger partial charge in [-0.05, 0) is 59.2 Å². The van der Waals surface area contributed by atoms with Gasteiger partial charge in [-0.15, -0.1) is 0 Å². The van der Waals surface area contributed by atoms with Gasteiger partial charge in [-0.25, -0.2) is 0 Å². The number of nitrogens with one attached hydrogen (secondary N) is 1. The highest BCUT2D eigenvalue weighted by Gasteiger charge is 2.06. The molecule has 0 unspecified atom stereocenters. The van der Waals surface area contributed by atoms with E-state index in [2.05, 4.69) is 10.5 Å². The summed E-state index contributed by atoms with van der Waals surface area (Å²) in [6, 6.07) is 18.9. The lowest BCUT2D eigenvalue weighted by Gasteiger charge is -2.11. The van der Waals surface area contributed by atoms with Crippen LogP contribution in [0.4, 0.5) is 0 Å². The third-order valence-corrected chi connectivity index (χ3v) is 4.78. The van der Waals surface area contributed by atoms with Crippen LogP contribution in [0.3, 0.4) is 0 Å². The predicted octanol–water partition coefficient (Wildman–Crippen LogP) is 5.07. The third kappa shape index (κ3) is 6.30. The Balaban J connectivity index is 1.57. The van der Waals surface area contributed by atoms with Crippen molar-refractivity contribution in [2.24, 2.45) is 5.10 Å². The molecule has 0 aliphatic carbocycles. The number of rotatable bonds is 10. The van der Waals surface area contributed by atoms with Crippen molar-refractivity contribution in [3.63, 3.8) is 0 Å². The minimum Gasteiger partial charge on any atom is -0.493 e. The van der Waals surface area contributed by atoms with Crippen LogP contribution in [0.2, 0.25) is 5.02 Å². The summed E-state index contributed by atoms with van der Waals surface area (Å²) in [5.74, 6) is 2.68. The molecule has 162 valence electrons. The Bertz CT molecular complexity index is 1020. The number of ether oxygens (including phenoxy) is 4. The van der Waals surface area contributed by atoms with Crippen molar-refractivity contribution in [3.8, 4) is 23.0 Å². The predicted molar refractivity (Wildman–Crippen MR) is 123 cm³/mol. The average Bonchev–Trinajstić information content (AvgIpc) is 2.81. The SMILES string of the molecule is COc1ccc(CN/N=C\c2ccc(OCc3ccc(Cl)cc3)c(OC)c2)cc1OC. The second-order valence-electron chi connectivity index (χ2n) is 6.61. The molecule has 0 aliphatic heterocycles. The minimum atomic E-state index is 0.424. The van der Waals surface area contributed by atoms with E-state index in [9.17, 15) is 0 Å². The van der Waals surface area contributed by atoms with Gasteiger partial charge in [0.15, 0.2) is 23.0 Å². The first-order valence-electron chi connectivity index (χ1n) is 9.65. The molecule has 0 radical (unpaired) electrons. The highest BCUT2D eigenvalue weighted by atomic mass is 35.5. The maximum atomic E-state index is 5.92. The highest BCUT2D eigenvalue weighted by molar-refractivity contribution is 6.30. The van der Waals surface area contributed by atoms with Crippen molar-refractivity contribution in [1.82, 2.24) is 5.43 Å². The number of hydrazone groups is 1. The molecular weight excluding hydrogens is 416 g/mol. The van der Waals surface area contributed by atoms with Crippen LogP contribution >= 0.6 is 11.6 Å². The monoisotopic (exact) mass is 440 g/mol. The van der Waals surface area contributed by atoms with E-state index in [0.29, 0.717) is 41.2 Å². The Kier molecular flexibility index (Phi) is 8.01. The van der Waals surface area contributed by atoms with Crippen LogP contribution in [0.15, 0.2) is 65.8 Å². The van der Waals surface area contributed by atoms with E-state index < -0.39 is 0 Å². The van der Waals surface area contributed by atoms with E-state index >= 15 is 0 Å². The number of hydrogen-bond acceptors (Lipinski definition) is 6. The van der Waals surface area contributed by atoms with E-state index in [-0.39, 0.29) is 0 Å². The van der Waals surface area contributed by atoms with Gasteiger partial charge in [-0.2, -0.15) is 5.10 Å². The van der Waals surface area contributed by atoms with Crippen LogP contribution in [0, 0.1) is 0 Å². The van der Waals surface area contributed by atoms with Gasteiger partial charge < -0.3 is 24.4 Å². The van der Waals surface area contributed by atoms with E-state index in [1.807, 2.05) is 60.7 Å². The van der Waals surface area contributed by atoms with E-state index in [1.54, 1.807) is 27.5 Å². The molecule has 0 aromatic heterocycles. The van der Waals surface area contributed by atoms with Gasteiger partial charge in [0.25, 0.3) is 0 Å². The smallest absolute Gasteiger partial charge is 0.161 e. The molecule has 3 aromatic rings. The molecule has 0 aliphatic rings. The molecule has 1 N–H and O–H groups in total. The zero-order chi connectivity index (χ0) is 22.1. The number of nitrogens with zero attached hydrogens (tertiary/aromatic N) is 1. The van der Waals surface area contributed by atoms with Crippen molar-refractivity contribution >= 4 is 17.8 Å². The zero-order valence-electron chi connectivity index (χ0n) is 17.7. The van der Waals surface area contributed by atoms with Gasteiger partial charge in [0.2, 0.25) is 0 Å². The third-order valence-electron chi connectivity index (χ3n) is 4.53. The molecule has 0 saturated carbocycles. The fourth-order valence-corrected chi connectivity index (χ4v) is 3.00. The molecule has 0 fully saturated rings. The number of benzene rings is 3. The molecule has 3 rings (SSSR count). The summed E-state index contributed by atoms with van der Waals surface area (Å²) >= 11 is 5.92. The van der Waals surface area contributed by atoms with Crippen molar-refractivity contribution in [2.75, 3.05) is 21.3 Å². The van der Waals surface area contributed by atoms with Gasteiger partial charge in [0.1, 0.15) is 6.61 Å². The largest absolute Gasteiger partial charge is 0.493 e. The van der Waals surface area contributed by atoms with Crippen LogP contribution in [-0.4, -0.2) is 27.5 Å². The van der Waals surface area contributed by atoms with Gasteiger partial charge in [0, 0.05) is 5.02 Å². The zero-order valence-corrected chi connectivity index (χ0v) is 18.5. The molecule has 7 heteroatoms. The van der Waals surface area contributed by atoms with E-state index in [1.165, 1.54) is 0 Å². The van der Waals surface area contributed by atoms with Gasteiger partial charge in [-0.3, -0.25) is 0 Å². The summed E-state index contributed by atoms with van der Waals surface area (Å²) in [5.41, 5.74) is 5.97. The van der Waals surface area contributed by atoms with Crippen LogP contribution < -0.4 is 24.4 Å². The van der Waals surface area contributed by atoms with Gasteiger partial charge >= 0.3 is 0 Å². The summed E-state index contributed by atoms with van der Waals surface area (Å²) in [7, 11) is 4.84. The van der Waals surface area contributed by atoms with Crippen molar-refractivity contribution in [2.45, 2.75) is 13.2 Å². The first-order valence-corrected chi connectivity index (χ1v) is 10.0.